The molecule has 2 heterocycles. The van der Waals surface area contributed by atoms with Crippen LogP contribution in [0.15, 0.2) is 28.1 Å². The van der Waals surface area contributed by atoms with Crippen molar-refractivity contribution < 1.29 is 17.7 Å². The van der Waals surface area contributed by atoms with Crippen molar-refractivity contribution in [2.24, 2.45) is 0 Å². The molecule has 0 aliphatic heterocycles. The van der Waals surface area contributed by atoms with E-state index in [1.807, 2.05) is 0 Å². The lowest BCUT2D eigenvalue weighted by Crippen LogP contribution is -2.13. The van der Waals surface area contributed by atoms with Gasteiger partial charge in [0.25, 0.3) is 0 Å². The first-order chi connectivity index (χ1) is 6.60. The molecular formula is C8H4F3NOS. The maximum absolute atomic E-state index is 13.5. The van der Waals surface area contributed by atoms with Gasteiger partial charge in [0.1, 0.15) is 0 Å². The van der Waals surface area contributed by atoms with E-state index in [1.165, 1.54) is 17.5 Å². The fourth-order valence-corrected chi connectivity index (χ4v) is 1.70. The summed E-state index contributed by atoms with van der Waals surface area (Å²) in [6, 6.07) is 2.22. The highest BCUT2D eigenvalue weighted by Gasteiger charge is 2.38. The van der Waals surface area contributed by atoms with Crippen LogP contribution in [0.2, 0.25) is 0 Å². The van der Waals surface area contributed by atoms with Gasteiger partial charge in [0, 0.05) is 6.07 Å². The van der Waals surface area contributed by atoms with Gasteiger partial charge in [-0.3, -0.25) is 0 Å². The Bertz CT molecular complexity index is 423. The molecule has 0 radical (unpaired) electrons. The fraction of sp³-hybridized carbons (Fsp3) is 0.125. The molecule has 0 fully saturated rings. The average molecular weight is 219 g/mol. The summed E-state index contributed by atoms with van der Waals surface area (Å²) in [6.45, 7) is 0. The zero-order valence-corrected chi connectivity index (χ0v) is 7.52. The summed E-state index contributed by atoms with van der Waals surface area (Å²) in [4.78, 5) is -0.189. The molecule has 0 amide bonds. The Morgan fingerprint density at radius 2 is 2.21 bits per heavy atom. The number of thiophene rings is 1. The van der Waals surface area contributed by atoms with Crippen molar-refractivity contribution in [2.45, 2.75) is 5.92 Å². The summed E-state index contributed by atoms with van der Waals surface area (Å²) < 4.78 is 43.2. The van der Waals surface area contributed by atoms with Gasteiger partial charge in [0.15, 0.2) is 5.69 Å². The van der Waals surface area contributed by atoms with Crippen molar-refractivity contribution in [3.63, 3.8) is 0 Å². The number of hydrogen-bond donors (Lipinski definition) is 0. The molecule has 2 aromatic heterocycles. The van der Waals surface area contributed by atoms with Crippen LogP contribution in [-0.4, -0.2) is 5.16 Å². The average Bonchev–Trinajstić information content (AvgIpc) is 2.72. The number of nitrogens with zero attached hydrogens (tertiary/aromatic N) is 1. The first kappa shape index (κ1) is 9.26. The van der Waals surface area contributed by atoms with Crippen LogP contribution in [0.4, 0.5) is 13.2 Å². The molecule has 0 bridgehead atoms. The van der Waals surface area contributed by atoms with Crippen LogP contribution in [0.5, 0.6) is 0 Å². The highest BCUT2D eigenvalue weighted by Crippen LogP contribution is 2.37. The summed E-state index contributed by atoms with van der Waals surface area (Å²) in [5.41, 5.74) is -0.711. The van der Waals surface area contributed by atoms with Gasteiger partial charge >= 0.3 is 11.9 Å². The van der Waals surface area contributed by atoms with Crippen molar-refractivity contribution in [2.75, 3.05) is 0 Å². The van der Waals surface area contributed by atoms with Crippen LogP contribution in [-0.2, 0) is 5.92 Å². The van der Waals surface area contributed by atoms with Crippen LogP contribution >= 0.6 is 11.3 Å². The standard InChI is InChI=1S/C8H4F3NOS/c9-7-4-5(12-13-7)8(10,11)6-2-1-3-14-6/h1-4H. The van der Waals surface area contributed by atoms with E-state index in [-0.39, 0.29) is 4.88 Å². The second kappa shape index (κ2) is 3.13. The van der Waals surface area contributed by atoms with Gasteiger partial charge in [0.2, 0.25) is 0 Å². The van der Waals surface area contributed by atoms with E-state index in [9.17, 15) is 13.2 Å². The molecule has 2 nitrogen and oxygen atoms in total. The Hall–Kier alpha value is -1.30. The van der Waals surface area contributed by atoms with Crippen LogP contribution in [0, 0.1) is 6.01 Å². The van der Waals surface area contributed by atoms with Gasteiger partial charge in [-0.1, -0.05) is 11.2 Å². The van der Waals surface area contributed by atoms with Crippen LogP contribution in [0.25, 0.3) is 0 Å². The molecule has 2 aromatic rings. The van der Waals surface area contributed by atoms with Crippen molar-refractivity contribution in [3.05, 3.63) is 40.2 Å². The van der Waals surface area contributed by atoms with Crippen LogP contribution in [0.1, 0.15) is 10.6 Å². The van der Waals surface area contributed by atoms with E-state index in [0.29, 0.717) is 6.07 Å². The fourth-order valence-electron chi connectivity index (χ4n) is 0.984. The maximum atomic E-state index is 13.5. The third kappa shape index (κ3) is 1.41. The topological polar surface area (TPSA) is 26.0 Å². The predicted molar refractivity (Wildman–Crippen MR) is 43.8 cm³/mol. The van der Waals surface area contributed by atoms with Gasteiger partial charge < -0.3 is 4.52 Å². The molecule has 0 atom stereocenters. The van der Waals surface area contributed by atoms with E-state index in [1.54, 1.807) is 0 Å². The quantitative estimate of drug-likeness (QED) is 0.775. The number of hydrogen-bond acceptors (Lipinski definition) is 3. The molecular weight excluding hydrogens is 215 g/mol. The molecule has 0 saturated heterocycles. The van der Waals surface area contributed by atoms with Gasteiger partial charge in [0.05, 0.1) is 4.88 Å². The third-order valence-electron chi connectivity index (χ3n) is 1.63. The van der Waals surface area contributed by atoms with Crippen LogP contribution in [0.3, 0.4) is 0 Å². The Morgan fingerprint density at radius 3 is 2.71 bits per heavy atom. The molecule has 74 valence electrons. The molecule has 0 aromatic carbocycles. The van der Waals surface area contributed by atoms with E-state index >= 15 is 0 Å². The Labute approximate surface area is 81.0 Å². The monoisotopic (exact) mass is 219 g/mol. The third-order valence-corrected chi connectivity index (χ3v) is 2.57. The van der Waals surface area contributed by atoms with Gasteiger partial charge in [-0.05, 0) is 11.4 Å². The smallest absolute Gasteiger partial charge is 0.326 e. The molecule has 2 rings (SSSR count). The summed E-state index contributed by atoms with van der Waals surface area (Å²) in [5.74, 6) is -3.29. The summed E-state index contributed by atoms with van der Waals surface area (Å²) >= 11 is 0.880. The van der Waals surface area contributed by atoms with Gasteiger partial charge in [-0.25, -0.2) is 0 Å². The summed E-state index contributed by atoms with van der Waals surface area (Å²) in [7, 11) is 0. The van der Waals surface area contributed by atoms with Crippen LogP contribution < -0.4 is 0 Å². The largest absolute Gasteiger partial charge is 0.327 e. The second-order valence-electron chi connectivity index (χ2n) is 2.57. The molecule has 0 aliphatic rings. The molecule has 0 aliphatic carbocycles. The lowest BCUT2D eigenvalue weighted by molar-refractivity contribution is 0.0383. The van der Waals surface area contributed by atoms with Crippen molar-refractivity contribution >= 4 is 11.3 Å². The summed E-state index contributed by atoms with van der Waals surface area (Å²) in [5, 5.41) is 4.46. The Kier molecular flexibility index (Phi) is 2.07. The second-order valence-corrected chi connectivity index (χ2v) is 3.52. The highest BCUT2D eigenvalue weighted by molar-refractivity contribution is 7.10. The zero-order valence-electron chi connectivity index (χ0n) is 6.71. The SMILES string of the molecule is Fc1cc(C(F)(F)c2cccs2)no1. The van der Waals surface area contributed by atoms with Crippen molar-refractivity contribution in [3.8, 4) is 0 Å². The van der Waals surface area contributed by atoms with E-state index in [4.69, 9.17) is 0 Å². The van der Waals surface area contributed by atoms with E-state index in [2.05, 4.69) is 9.68 Å². The van der Waals surface area contributed by atoms with Gasteiger partial charge in [-0.2, -0.15) is 13.2 Å². The predicted octanol–water partition coefficient (Wildman–Crippen LogP) is 3.02. The molecule has 0 N–H and O–H groups in total. The minimum Gasteiger partial charge on any atom is -0.326 e. The Morgan fingerprint density at radius 1 is 1.43 bits per heavy atom. The molecule has 6 heteroatoms. The van der Waals surface area contributed by atoms with E-state index < -0.39 is 17.6 Å². The molecule has 0 spiro atoms. The lowest BCUT2D eigenvalue weighted by Gasteiger charge is -2.09. The normalized spacial score (nSPS) is 11.9. The molecule has 14 heavy (non-hydrogen) atoms. The van der Waals surface area contributed by atoms with Gasteiger partial charge in [-0.15, -0.1) is 11.3 Å². The molecule has 0 unspecified atom stereocenters. The summed E-state index contributed by atoms with van der Waals surface area (Å²) in [6.07, 6.45) is 0. The molecule has 0 saturated carbocycles. The van der Waals surface area contributed by atoms with Crippen molar-refractivity contribution in [1.29, 1.82) is 0 Å². The first-order valence-corrected chi connectivity index (χ1v) is 4.53. The Balaban J connectivity index is 2.42. The first-order valence-electron chi connectivity index (χ1n) is 3.65. The highest BCUT2D eigenvalue weighted by atomic mass is 32.1. The maximum Gasteiger partial charge on any atom is 0.327 e. The van der Waals surface area contributed by atoms with Crippen molar-refractivity contribution in [1.82, 2.24) is 5.16 Å². The number of halogens is 3. The lowest BCUT2D eigenvalue weighted by atomic mass is 10.2. The minimum absolute atomic E-state index is 0.189. The number of rotatable bonds is 2. The number of alkyl halides is 2. The zero-order chi connectivity index (χ0) is 10.2. The van der Waals surface area contributed by atoms with E-state index in [0.717, 1.165) is 11.3 Å². The minimum atomic E-state index is -3.29. The number of aromatic nitrogens is 1.